The molecule has 0 aliphatic rings. The molecule has 3 nitrogen and oxygen atoms in total. The van der Waals surface area contributed by atoms with Gasteiger partial charge in [0.2, 0.25) is 11.9 Å². The summed E-state index contributed by atoms with van der Waals surface area (Å²) in [6, 6.07) is 1.48. The van der Waals surface area contributed by atoms with Crippen molar-refractivity contribution in [2.75, 3.05) is 7.11 Å². The van der Waals surface area contributed by atoms with Gasteiger partial charge in [0.25, 0.3) is 0 Å². The molecule has 1 heterocycles. The fourth-order valence-electron chi connectivity index (χ4n) is 0.592. The van der Waals surface area contributed by atoms with Gasteiger partial charge in [-0.25, -0.2) is 0 Å². The first-order valence-electron chi connectivity index (χ1n) is 2.66. The minimum absolute atomic E-state index is 0.388. The molecule has 0 amide bonds. The van der Waals surface area contributed by atoms with E-state index in [4.69, 9.17) is 16.3 Å². The Morgan fingerprint density at radius 2 is 2.40 bits per heavy atom. The minimum Gasteiger partial charge on any atom is -0.619 e. The molecule has 0 aliphatic carbocycles. The molecule has 0 saturated heterocycles. The monoisotopic (exact) mass is 159 g/mol. The van der Waals surface area contributed by atoms with Gasteiger partial charge in [-0.05, 0) is 0 Å². The van der Waals surface area contributed by atoms with Crippen molar-refractivity contribution < 1.29 is 9.47 Å². The molecule has 4 heteroatoms. The Morgan fingerprint density at radius 1 is 1.70 bits per heavy atom. The third-order valence-corrected chi connectivity index (χ3v) is 1.38. The Morgan fingerprint density at radius 3 is 2.90 bits per heavy atom. The van der Waals surface area contributed by atoms with Crippen LogP contribution < -0.4 is 9.47 Å². The third kappa shape index (κ3) is 1.30. The number of nitrogens with zero attached hydrogens (tertiary/aromatic N) is 1. The van der Waals surface area contributed by atoms with E-state index in [1.807, 2.05) is 0 Å². The van der Waals surface area contributed by atoms with Gasteiger partial charge in [-0.15, -0.1) is 0 Å². The van der Waals surface area contributed by atoms with Gasteiger partial charge in [-0.2, -0.15) is 4.73 Å². The van der Waals surface area contributed by atoms with Crippen molar-refractivity contribution in [3.8, 4) is 5.75 Å². The highest BCUT2D eigenvalue weighted by molar-refractivity contribution is 6.31. The summed E-state index contributed by atoms with van der Waals surface area (Å²) in [6.45, 7) is 0. The summed E-state index contributed by atoms with van der Waals surface area (Å²) in [5.41, 5.74) is 0. The molecule has 1 aromatic heterocycles. The van der Waals surface area contributed by atoms with Crippen molar-refractivity contribution in [1.29, 1.82) is 0 Å². The van der Waals surface area contributed by atoms with Crippen LogP contribution in [0.3, 0.4) is 0 Å². The Hall–Kier alpha value is -0.960. The smallest absolute Gasteiger partial charge is 0.224 e. The summed E-state index contributed by atoms with van der Waals surface area (Å²) in [5.74, 6) is 0.388. The first-order valence-corrected chi connectivity index (χ1v) is 3.04. The lowest BCUT2D eigenvalue weighted by Crippen LogP contribution is -2.24. The van der Waals surface area contributed by atoms with Gasteiger partial charge in [0, 0.05) is 6.07 Å². The van der Waals surface area contributed by atoms with E-state index >= 15 is 0 Å². The number of hydrogen-bond acceptors (Lipinski definition) is 2. The van der Waals surface area contributed by atoms with Crippen molar-refractivity contribution >= 4 is 11.6 Å². The average Bonchev–Trinajstić information content (AvgIpc) is 1.94. The summed E-state index contributed by atoms with van der Waals surface area (Å²) >= 11 is 5.62. The number of aromatic nitrogens is 1. The third-order valence-electron chi connectivity index (χ3n) is 1.07. The molecule has 0 saturated carbocycles. The van der Waals surface area contributed by atoms with E-state index in [0.29, 0.717) is 15.5 Å². The van der Waals surface area contributed by atoms with Crippen LogP contribution in [0.5, 0.6) is 5.75 Å². The first kappa shape index (κ1) is 7.15. The molecule has 10 heavy (non-hydrogen) atoms. The van der Waals surface area contributed by atoms with Crippen molar-refractivity contribution in [3.05, 3.63) is 28.7 Å². The molecule has 0 fully saturated rings. The van der Waals surface area contributed by atoms with E-state index in [2.05, 4.69) is 0 Å². The summed E-state index contributed by atoms with van der Waals surface area (Å²) in [7, 11) is 1.46. The molecule has 0 unspecified atom stereocenters. The second-order valence-corrected chi connectivity index (χ2v) is 2.13. The lowest BCUT2D eigenvalue weighted by molar-refractivity contribution is -0.605. The number of pyridine rings is 1. The van der Waals surface area contributed by atoms with Crippen LogP contribution in [0.2, 0.25) is 5.02 Å². The number of hydrogen-bond donors (Lipinski definition) is 0. The first-order chi connectivity index (χ1) is 4.74. The molecular weight excluding hydrogens is 154 g/mol. The molecule has 0 aliphatic heterocycles. The lowest BCUT2D eigenvalue weighted by atomic mass is 10.5. The van der Waals surface area contributed by atoms with Gasteiger partial charge in [0.15, 0.2) is 6.20 Å². The Bertz CT molecular complexity index is 239. The van der Waals surface area contributed by atoms with Gasteiger partial charge in [-0.1, -0.05) is 11.6 Å². The summed E-state index contributed by atoms with van der Waals surface area (Å²) in [6.07, 6.45) is 2.58. The highest BCUT2D eigenvalue weighted by Crippen LogP contribution is 2.19. The molecule has 0 aromatic carbocycles. The fraction of sp³-hybridized carbons (Fsp3) is 0.167. The Kier molecular flexibility index (Phi) is 1.97. The highest BCUT2D eigenvalue weighted by atomic mass is 35.5. The predicted molar refractivity (Wildman–Crippen MR) is 37.0 cm³/mol. The van der Waals surface area contributed by atoms with Gasteiger partial charge < -0.3 is 9.94 Å². The van der Waals surface area contributed by atoms with Gasteiger partial charge in [0.05, 0.1) is 12.1 Å². The van der Waals surface area contributed by atoms with E-state index in [1.54, 1.807) is 0 Å². The molecule has 0 N–H and O–H groups in total. The maximum atomic E-state index is 10.6. The Balaban J connectivity index is 3.09. The van der Waals surface area contributed by atoms with E-state index in [-0.39, 0.29) is 0 Å². The second-order valence-electron chi connectivity index (χ2n) is 1.72. The molecular formula is C6H6ClNO2. The topological polar surface area (TPSA) is 36.2 Å². The zero-order chi connectivity index (χ0) is 7.56. The highest BCUT2D eigenvalue weighted by Gasteiger charge is 2.02. The zero-order valence-corrected chi connectivity index (χ0v) is 6.13. The van der Waals surface area contributed by atoms with Crippen LogP contribution >= 0.6 is 11.6 Å². The summed E-state index contributed by atoms with van der Waals surface area (Å²) < 4.78 is 5.40. The van der Waals surface area contributed by atoms with Crippen molar-refractivity contribution in [2.45, 2.75) is 0 Å². The number of halogens is 1. The molecule has 1 rings (SSSR count). The van der Waals surface area contributed by atoms with E-state index < -0.39 is 0 Å². The summed E-state index contributed by atoms with van der Waals surface area (Å²) in [4.78, 5) is 0. The van der Waals surface area contributed by atoms with Crippen LogP contribution in [0.4, 0.5) is 0 Å². The lowest BCUT2D eigenvalue weighted by Gasteiger charge is -2.00. The van der Waals surface area contributed by atoms with Gasteiger partial charge >= 0.3 is 0 Å². The zero-order valence-electron chi connectivity index (χ0n) is 5.37. The maximum Gasteiger partial charge on any atom is 0.224 e. The minimum atomic E-state index is 0.388. The van der Waals surface area contributed by atoms with Crippen molar-refractivity contribution in [1.82, 2.24) is 0 Å². The normalized spacial score (nSPS) is 9.40. The molecule has 0 atom stereocenters. The largest absolute Gasteiger partial charge is 0.619 e. The van der Waals surface area contributed by atoms with Crippen LogP contribution in [-0.4, -0.2) is 7.11 Å². The Labute approximate surface area is 63.4 Å². The maximum absolute atomic E-state index is 10.6. The molecule has 54 valence electrons. The van der Waals surface area contributed by atoms with Gasteiger partial charge in [-0.3, -0.25) is 0 Å². The van der Waals surface area contributed by atoms with Crippen LogP contribution in [0, 0.1) is 5.21 Å². The predicted octanol–water partition coefficient (Wildman–Crippen LogP) is 0.982. The van der Waals surface area contributed by atoms with Crippen LogP contribution in [0.25, 0.3) is 0 Å². The standard InChI is InChI=1S/C6H6ClNO2/c1-10-6-4-8(9)3-2-5(6)7/h2-4H,1H3. The number of methoxy groups -OCH3 is 1. The van der Waals surface area contributed by atoms with Crippen LogP contribution in [-0.2, 0) is 0 Å². The average molecular weight is 160 g/mol. The van der Waals surface area contributed by atoms with Crippen LogP contribution in [0.1, 0.15) is 0 Å². The molecule has 0 spiro atoms. The number of rotatable bonds is 1. The quantitative estimate of drug-likeness (QED) is 0.453. The van der Waals surface area contributed by atoms with Crippen molar-refractivity contribution in [3.63, 3.8) is 0 Å². The molecule has 0 bridgehead atoms. The fourth-order valence-corrected chi connectivity index (χ4v) is 0.774. The van der Waals surface area contributed by atoms with E-state index in [0.717, 1.165) is 0 Å². The van der Waals surface area contributed by atoms with Crippen molar-refractivity contribution in [2.24, 2.45) is 0 Å². The summed E-state index contributed by atoms with van der Waals surface area (Å²) in [5, 5.41) is 11.0. The SMILES string of the molecule is COc1c[n+]([O-])ccc1Cl. The van der Waals surface area contributed by atoms with Crippen LogP contribution in [0.15, 0.2) is 18.5 Å². The van der Waals surface area contributed by atoms with E-state index in [1.165, 1.54) is 25.6 Å². The van der Waals surface area contributed by atoms with E-state index in [9.17, 15) is 5.21 Å². The number of ether oxygens (including phenoxy) is 1. The second kappa shape index (κ2) is 2.75. The molecule has 1 aromatic rings. The molecule has 0 radical (unpaired) electrons. The van der Waals surface area contributed by atoms with Gasteiger partial charge in [0.1, 0.15) is 0 Å².